The predicted octanol–water partition coefficient (Wildman–Crippen LogP) is 8.25. The largest absolute Gasteiger partial charge is 0.588 e. The lowest BCUT2D eigenvalue weighted by Gasteiger charge is -2.33. The van der Waals surface area contributed by atoms with Crippen molar-refractivity contribution >= 4 is 13.9 Å². The van der Waals surface area contributed by atoms with Gasteiger partial charge in [-0.15, -0.1) is 6.58 Å². The molecule has 2 atom stereocenters. The summed E-state index contributed by atoms with van der Waals surface area (Å²) in [7, 11) is -4.52. The van der Waals surface area contributed by atoms with Crippen molar-refractivity contribution in [2.75, 3.05) is 13.1 Å². The number of phosphoric acid groups is 1. The van der Waals surface area contributed by atoms with E-state index in [9.17, 15) is 19.5 Å². The van der Waals surface area contributed by atoms with Gasteiger partial charge in [-0.25, -0.2) is 9.36 Å². The van der Waals surface area contributed by atoms with Crippen LogP contribution in [0.25, 0.3) is 0 Å². The van der Waals surface area contributed by atoms with Gasteiger partial charge in [-0.2, -0.15) is 0 Å². The zero-order valence-electron chi connectivity index (χ0n) is 25.0. The van der Waals surface area contributed by atoms with Crippen molar-refractivity contribution in [1.29, 1.82) is 0 Å². The number of nitro groups is 1. The molecule has 0 saturated heterocycles. The normalized spacial score (nSPS) is 13.7. The number of hydrogen-bond acceptors (Lipinski definition) is 8. The summed E-state index contributed by atoms with van der Waals surface area (Å²) in [5, 5.41) is 12.8. The minimum Gasteiger partial charge on any atom is -0.444 e. The molecule has 0 saturated carbocycles. The van der Waals surface area contributed by atoms with Crippen molar-refractivity contribution < 1.29 is 32.6 Å². The van der Waals surface area contributed by atoms with Crippen LogP contribution in [0.2, 0.25) is 0 Å². The van der Waals surface area contributed by atoms with Gasteiger partial charge in [0.2, 0.25) is 5.54 Å². The summed E-state index contributed by atoms with van der Waals surface area (Å²) < 4.78 is 37.5. The number of hydrogen-bond donors (Lipinski definition) is 0. The minimum absolute atomic E-state index is 0.0489. The van der Waals surface area contributed by atoms with Gasteiger partial charge in [0.25, 0.3) is 0 Å². The first kappa shape index (κ1) is 33.4. The quantitative estimate of drug-likeness (QED) is 0.0731. The highest BCUT2D eigenvalue weighted by Crippen LogP contribution is 2.55. The zero-order valence-corrected chi connectivity index (χ0v) is 25.9. The third-order valence-corrected chi connectivity index (χ3v) is 7.69. The minimum atomic E-state index is -4.52. The van der Waals surface area contributed by atoms with Crippen LogP contribution in [0.5, 0.6) is 11.5 Å². The molecule has 230 valence electrons. The van der Waals surface area contributed by atoms with Crippen molar-refractivity contribution in [1.82, 2.24) is 4.90 Å². The fourth-order valence-electron chi connectivity index (χ4n) is 4.26. The Hall–Kier alpha value is -4.14. The van der Waals surface area contributed by atoms with Crippen molar-refractivity contribution in [3.63, 3.8) is 0 Å². The first-order valence-electron chi connectivity index (χ1n) is 13.9. The molecule has 3 rings (SSSR count). The average Bonchev–Trinajstić information content (AvgIpc) is 2.96. The van der Waals surface area contributed by atoms with Crippen molar-refractivity contribution in [2.45, 2.75) is 57.8 Å². The second-order valence-electron chi connectivity index (χ2n) is 11.1. The van der Waals surface area contributed by atoms with E-state index >= 15 is 0 Å². The van der Waals surface area contributed by atoms with Crippen LogP contribution in [0.3, 0.4) is 0 Å². The maximum Gasteiger partial charge on any atom is 0.588 e. The monoisotopic (exact) mass is 610 g/mol. The lowest BCUT2D eigenvalue weighted by atomic mass is 9.86. The van der Waals surface area contributed by atoms with Crippen LogP contribution in [-0.2, 0) is 13.8 Å². The standard InChI is InChI=1S/C32H39N2O8P/c1-6-24-33(30(35)39-31(2,3)4)25-16-23-32(5,34(36)37)29(26-17-10-7-11-18-26)42-43(38,40-27-19-12-8-13-20-27)41-28-21-14-9-15-22-28/h6-15,17-22,29H,1,16,23-25H2,2-5H3. The topological polar surface area (TPSA) is 117 Å². The highest BCUT2D eigenvalue weighted by molar-refractivity contribution is 7.49. The fraction of sp³-hybridized carbons (Fsp3) is 0.344. The number of para-hydroxylation sites is 2. The molecular formula is C32H39N2O8P. The third kappa shape index (κ3) is 9.98. The first-order chi connectivity index (χ1) is 20.3. The van der Waals surface area contributed by atoms with Crippen molar-refractivity contribution in [3.8, 4) is 11.5 Å². The lowest BCUT2D eigenvalue weighted by molar-refractivity contribution is -0.580. The number of nitrogens with zero attached hydrogens (tertiary/aromatic N) is 2. The summed E-state index contributed by atoms with van der Waals surface area (Å²) in [5.41, 5.74) is -2.12. The Labute approximate surface area is 253 Å². The predicted molar refractivity (Wildman–Crippen MR) is 165 cm³/mol. The zero-order chi connectivity index (χ0) is 31.5. The maximum absolute atomic E-state index is 14.3. The Bertz CT molecular complexity index is 1340. The Balaban J connectivity index is 1.96. The Morgan fingerprint density at radius 2 is 1.42 bits per heavy atom. The molecule has 0 spiro atoms. The van der Waals surface area contributed by atoms with E-state index in [0.717, 1.165) is 0 Å². The van der Waals surface area contributed by atoms with E-state index < -0.39 is 36.1 Å². The summed E-state index contributed by atoms with van der Waals surface area (Å²) in [6, 6.07) is 25.1. The summed E-state index contributed by atoms with van der Waals surface area (Å²) in [6.45, 7) is 10.8. The molecule has 0 bridgehead atoms. The number of phosphoric ester groups is 1. The molecule has 2 unspecified atom stereocenters. The van der Waals surface area contributed by atoms with E-state index in [0.29, 0.717) is 5.56 Å². The Kier molecular flexibility index (Phi) is 11.5. The van der Waals surface area contributed by atoms with Gasteiger partial charge in [0.05, 0.1) is 0 Å². The molecule has 0 aliphatic carbocycles. The van der Waals surface area contributed by atoms with Gasteiger partial charge in [0.1, 0.15) is 17.1 Å². The highest BCUT2D eigenvalue weighted by atomic mass is 31.2. The average molecular weight is 611 g/mol. The molecule has 1 amide bonds. The molecule has 0 aromatic heterocycles. The van der Waals surface area contributed by atoms with Crippen LogP contribution < -0.4 is 9.05 Å². The van der Waals surface area contributed by atoms with Gasteiger partial charge >= 0.3 is 13.9 Å². The molecule has 0 aliphatic rings. The molecule has 0 N–H and O–H groups in total. The molecule has 43 heavy (non-hydrogen) atoms. The molecule has 0 radical (unpaired) electrons. The summed E-state index contributed by atoms with van der Waals surface area (Å²) in [5.74, 6) is 0.405. The highest BCUT2D eigenvalue weighted by Gasteiger charge is 2.52. The van der Waals surface area contributed by atoms with Crippen LogP contribution in [0.1, 0.15) is 52.2 Å². The number of carbonyl (C=O) groups excluding carboxylic acids is 1. The van der Waals surface area contributed by atoms with Gasteiger partial charge < -0.3 is 18.7 Å². The first-order valence-corrected chi connectivity index (χ1v) is 15.4. The van der Waals surface area contributed by atoms with Crippen LogP contribution in [0, 0.1) is 10.1 Å². The molecule has 11 heteroatoms. The number of benzene rings is 3. The Morgan fingerprint density at radius 3 is 1.86 bits per heavy atom. The smallest absolute Gasteiger partial charge is 0.444 e. The van der Waals surface area contributed by atoms with E-state index in [1.54, 1.807) is 118 Å². The van der Waals surface area contributed by atoms with Crippen LogP contribution >= 0.6 is 7.82 Å². The van der Waals surface area contributed by atoms with Gasteiger partial charge in [-0.1, -0.05) is 72.8 Å². The van der Waals surface area contributed by atoms with E-state index in [1.165, 1.54) is 11.8 Å². The summed E-state index contributed by atoms with van der Waals surface area (Å²) >= 11 is 0. The molecule has 0 fully saturated rings. The molecule has 10 nitrogen and oxygen atoms in total. The van der Waals surface area contributed by atoms with E-state index in [2.05, 4.69) is 6.58 Å². The molecule has 0 aliphatic heterocycles. The van der Waals surface area contributed by atoms with E-state index in [1.807, 2.05) is 0 Å². The van der Waals surface area contributed by atoms with E-state index in [-0.39, 0.29) is 37.4 Å². The second kappa shape index (κ2) is 14.8. The third-order valence-electron chi connectivity index (χ3n) is 6.35. The second-order valence-corrected chi connectivity index (χ2v) is 12.6. The number of amides is 1. The van der Waals surface area contributed by atoms with Crippen LogP contribution in [-0.4, -0.2) is 40.1 Å². The molecule has 0 heterocycles. The van der Waals surface area contributed by atoms with Crippen molar-refractivity contribution in [3.05, 3.63) is 119 Å². The van der Waals surface area contributed by atoms with Gasteiger partial charge in [-0.3, -0.25) is 14.6 Å². The van der Waals surface area contributed by atoms with Gasteiger partial charge in [0.15, 0.2) is 6.10 Å². The molecule has 3 aromatic rings. The number of ether oxygens (including phenoxy) is 1. The van der Waals surface area contributed by atoms with E-state index in [4.69, 9.17) is 18.3 Å². The van der Waals surface area contributed by atoms with Gasteiger partial charge in [-0.05, 0) is 57.0 Å². The maximum atomic E-state index is 14.3. The Morgan fingerprint density at radius 1 is 0.930 bits per heavy atom. The lowest BCUT2D eigenvalue weighted by Crippen LogP contribution is -2.44. The van der Waals surface area contributed by atoms with Crippen LogP contribution in [0.4, 0.5) is 4.79 Å². The SMILES string of the molecule is C=CCN(CCCC(C)(C(OP(=O)(Oc1ccccc1)Oc1ccccc1)c1ccccc1)[N+](=O)[O-])C(=O)OC(C)(C)C. The van der Waals surface area contributed by atoms with Crippen molar-refractivity contribution in [2.24, 2.45) is 0 Å². The summed E-state index contributed by atoms with van der Waals surface area (Å²) in [6.07, 6.45) is -0.197. The molecular weight excluding hydrogens is 571 g/mol. The number of rotatable bonds is 15. The van der Waals surface area contributed by atoms with Crippen LogP contribution in [0.15, 0.2) is 104 Å². The summed E-state index contributed by atoms with van der Waals surface area (Å²) in [4.78, 5) is 26.5. The fourth-order valence-corrected chi connectivity index (χ4v) is 5.75. The van der Waals surface area contributed by atoms with Gasteiger partial charge in [0, 0.05) is 31.4 Å². The molecule has 3 aromatic carbocycles. The number of carbonyl (C=O) groups is 1.